The van der Waals surface area contributed by atoms with Crippen LogP contribution >= 0.6 is 11.6 Å². The molecule has 0 aromatic heterocycles. The molecule has 138 valence electrons. The first kappa shape index (κ1) is 18.9. The number of amides is 1. The van der Waals surface area contributed by atoms with Crippen LogP contribution in [0.3, 0.4) is 0 Å². The van der Waals surface area contributed by atoms with Gasteiger partial charge in [-0.1, -0.05) is 23.7 Å². The maximum absolute atomic E-state index is 12.4. The zero-order chi connectivity index (χ0) is 18.7. The number of likely N-dealkylation sites (N-methyl/N-ethyl adjacent to an activating group) is 1. The number of unbranched alkanes of at least 4 members (excludes halogenated alkanes) is 1. The van der Waals surface area contributed by atoms with Gasteiger partial charge >= 0.3 is 0 Å². The van der Waals surface area contributed by atoms with Crippen LogP contribution in [0.1, 0.15) is 24.0 Å². The van der Waals surface area contributed by atoms with Gasteiger partial charge in [-0.05, 0) is 60.7 Å². The van der Waals surface area contributed by atoms with E-state index in [1.165, 1.54) is 0 Å². The van der Waals surface area contributed by atoms with Crippen LogP contribution in [0.25, 0.3) is 0 Å². The van der Waals surface area contributed by atoms with Gasteiger partial charge in [0.15, 0.2) is 0 Å². The van der Waals surface area contributed by atoms with Crippen LogP contribution in [0.15, 0.2) is 47.4 Å². The summed E-state index contributed by atoms with van der Waals surface area (Å²) in [6.45, 7) is 0.374. The Balaban J connectivity index is 1.53. The fraction of sp³-hybridized carbons (Fsp3) is 0.316. The van der Waals surface area contributed by atoms with E-state index in [1.54, 1.807) is 30.1 Å². The zero-order valence-corrected chi connectivity index (χ0v) is 16.1. The molecule has 0 atom stereocenters. The molecule has 0 spiro atoms. The first-order valence-corrected chi connectivity index (χ1v) is 10.4. The van der Waals surface area contributed by atoms with Crippen LogP contribution in [-0.4, -0.2) is 27.9 Å². The maximum Gasteiger partial charge on any atom is 0.240 e. The average Bonchev–Trinajstić information content (AvgIpc) is 2.88. The zero-order valence-electron chi connectivity index (χ0n) is 14.5. The number of halogens is 1. The molecular weight excluding hydrogens is 372 g/mol. The second kappa shape index (κ2) is 7.78. The van der Waals surface area contributed by atoms with E-state index in [9.17, 15) is 13.2 Å². The molecule has 0 bridgehead atoms. The number of carbonyl (C=O) groups excluding carboxylic acids is 1. The lowest BCUT2D eigenvalue weighted by atomic mass is 10.1. The van der Waals surface area contributed by atoms with E-state index < -0.39 is 10.0 Å². The first-order valence-electron chi connectivity index (χ1n) is 8.50. The number of fused-ring (bicyclic) bond motifs is 1. The van der Waals surface area contributed by atoms with E-state index in [0.29, 0.717) is 11.6 Å². The quantitative estimate of drug-likeness (QED) is 0.736. The van der Waals surface area contributed by atoms with E-state index in [2.05, 4.69) is 4.72 Å². The van der Waals surface area contributed by atoms with Crippen molar-refractivity contribution in [2.75, 3.05) is 18.5 Å². The summed E-state index contributed by atoms with van der Waals surface area (Å²) in [5.74, 6) is -0.0245. The van der Waals surface area contributed by atoms with Crippen molar-refractivity contribution < 1.29 is 13.2 Å². The average molecular weight is 393 g/mol. The summed E-state index contributed by atoms with van der Waals surface area (Å²) >= 11 is 5.96. The minimum Gasteiger partial charge on any atom is -0.315 e. The van der Waals surface area contributed by atoms with Crippen molar-refractivity contribution in [3.8, 4) is 0 Å². The molecule has 7 heteroatoms. The number of carbonyl (C=O) groups is 1. The van der Waals surface area contributed by atoms with E-state index >= 15 is 0 Å². The van der Waals surface area contributed by atoms with Crippen molar-refractivity contribution >= 4 is 33.2 Å². The summed E-state index contributed by atoms with van der Waals surface area (Å²) in [7, 11) is -1.87. The van der Waals surface area contributed by atoms with Gasteiger partial charge in [0.05, 0.1) is 11.3 Å². The Labute approximate surface area is 159 Å². The molecule has 0 saturated carbocycles. The van der Waals surface area contributed by atoms with E-state index in [0.717, 1.165) is 36.1 Å². The Morgan fingerprint density at radius 1 is 1.15 bits per heavy atom. The van der Waals surface area contributed by atoms with E-state index in [4.69, 9.17) is 11.6 Å². The highest BCUT2D eigenvalue weighted by Crippen LogP contribution is 2.29. The van der Waals surface area contributed by atoms with Crippen LogP contribution in [0.2, 0.25) is 5.02 Å². The predicted molar refractivity (Wildman–Crippen MR) is 103 cm³/mol. The molecular formula is C19H21ClN2O3S. The second-order valence-corrected chi connectivity index (χ2v) is 8.61. The van der Waals surface area contributed by atoms with E-state index in [-0.39, 0.29) is 17.2 Å². The number of hydrogen-bond donors (Lipinski definition) is 1. The van der Waals surface area contributed by atoms with Crippen molar-refractivity contribution in [3.05, 3.63) is 58.6 Å². The Bertz CT molecular complexity index is 928. The molecule has 1 amide bonds. The van der Waals surface area contributed by atoms with Gasteiger partial charge in [0, 0.05) is 24.3 Å². The van der Waals surface area contributed by atoms with Crippen LogP contribution in [0.4, 0.5) is 5.69 Å². The molecule has 2 aromatic rings. The highest BCUT2D eigenvalue weighted by atomic mass is 35.5. The predicted octanol–water partition coefficient (Wildman–Crippen LogP) is 3.16. The molecule has 0 unspecified atom stereocenters. The second-order valence-electron chi connectivity index (χ2n) is 6.40. The maximum atomic E-state index is 12.4. The SMILES string of the molecule is CN1C(=O)Cc2cc(S(=O)(=O)NCCCCc3cccc(Cl)c3)ccc21. The molecule has 2 aromatic carbocycles. The van der Waals surface area contributed by atoms with Crippen molar-refractivity contribution in [3.63, 3.8) is 0 Å². The topological polar surface area (TPSA) is 66.5 Å². The molecule has 0 aliphatic carbocycles. The largest absolute Gasteiger partial charge is 0.315 e. The minimum atomic E-state index is -3.57. The highest BCUT2D eigenvalue weighted by Gasteiger charge is 2.26. The normalized spacial score (nSPS) is 13.9. The fourth-order valence-corrected chi connectivity index (χ4v) is 4.39. The van der Waals surface area contributed by atoms with Gasteiger partial charge < -0.3 is 4.90 Å². The molecule has 1 aliphatic heterocycles. The van der Waals surface area contributed by atoms with Crippen molar-refractivity contribution in [1.29, 1.82) is 0 Å². The molecule has 0 saturated heterocycles. The summed E-state index contributed by atoms with van der Waals surface area (Å²) in [5, 5.41) is 0.712. The summed E-state index contributed by atoms with van der Waals surface area (Å²) in [6.07, 6.45) is 2.70. The summed E-state index contributed by atoms with van der Waals surface area (Å²) in [4.78, 5) is 13.5. The van der Waals surface area contributed by atoms with Crippen molar-refractivity contribution in [2.24, 2.45) is 0 Å². The molecule has 0 fully saturated rings. The van der Waals surface area contributed by atoms with Crippen LogP contribution < -0.4 is 9.62 Å². The van der Waals surface area contributed by atoms with Gasteiger partial charge in [0.1, 0.15) is 0 Å². The van der Waals surface area contributed by atoms with Crippen molar-refractivity contribution in [2.45, 2.75) is 30.6 Å². The van der Waals surface area contributed by atoms with Gasteiger partial charge in [-0.2, -0.15) is 0 Å². The Hall–Kier alpha value is -1.89. The molecule has 1 heterocycles. The molecule has 3 rings (SSSR count). The summed E-state index contributed by atoms with van der Waals surface area (Å²) in [5.41, 5.74) is 2.67. The van der Waals surface area contributed by atoms with E-state index in [1.807, 2.05) is 24.3 Å². The Kier molecular flexibility index (Phi) is 5.65. The number of aryl methyl sites for hydroxylation is 1. The number of benzene rings is 2. The number of rotatable bonds is 7. The standard InChI is InChI=1S/C19H21ClN2O3S/c1-22-18-9-8-17(12-15(18)13-19(22)23)26(24,25)21-10-3-2-5-14-6-4-7-16(20)11-14/h4,6-9,11-12,21H,2-3,5,10,13H2,1H3. The third-order valence-corrected chi connectivity index (χ3v) is 6.21. The van der Waals surface area contributed by atoms with Gasteiger partial charge in [-0.15, -0.1) is 0 Å². The molecule has 1 aliphatic rings. The van der Waals surface area contributed by atoms with Crippen LogP contribution in [0.5, 0.6) is 0 Å². The molecule has 1 N–H and O–H groups in total. The molecule has 26 heavy (non-hydrogen) atoms. The monoisotopic (exact) mass is 392 g/mol. The number of nitrogens with one attached hydrogen (secondary N) is 1. The fourth-order valence-electron chi connectivity index (χ4n) is 3.05. The van der Waals surface area contributed by atoms with Gasteiger partial charge in [0.25, 0.3) is 0 Å². The number of sulfonamides is 1. The van der Waals surface area contributed by atoms with Crippen molar-refractivity contribution in [1.82, 2.24) is 4.72 Å². The molecule has 5 nitrogen and oxygen atoms in total. The van der Waals surface area contributed by atoms with Crippen LogP contribution in [0, 0.1) is 0 Å². The lowest BCUT2D eigenvalue weighted by Crippen LogP contribution is -2.25. The number of anilines is 1. The smallest absolute Gasteiger partial charge is 0.240 e. The van der Waals surface area contributed by atoms with Crippen LogP contribution in [-0.2, 0) is 27.7 Å². The number of nitrogens with zero attached hydrogens (tertiary/aromatic N) is 1. The third kappa shape index (κ3) is 4.26. The summed E-state index contributed by atoms with van der Waals surface area (Å²) < 4.78 is 27.5. The number of hydrogen-bond acceptors (Lipinski definition) is 3. The van der Waals surface area contributed by atoms with Gasteiger partial charge in [-0.25, -0.2) is 13.1 Å². The van der Waals surface area contributed by atoms with Gasteiger partial charge in [0.2, 0.25) is 15.9 Å². The highest BCUT2D eigenvalue weighted by molar-refractivity contribution is 7.89. The minimum absolute atomic E-state index is 0.0245. The summed E-state index contributed by atoms with van der Waals surface area (Å²) in [6, 6.07) is 12.5. The lowest BCUT2D eigenvalue weighted by Gasteiger charge is -2.11. The van der Waals surface area contributed by atoms with Gasteiger partial charge in [-0.3, -0.25) is 4.79 Å². The lowest BCUT2D eigenvalue weighted by molar-refractivity contribution is -0.117. The molecule has 0 radical (unpaired) electrons. The Morgan fingerprint density at radius 3 is 2.73 bits per heavy atom. The Morgan fingerprint density at radius 2 is 1.96 bits per heavy atom. The third-order valence-electron chi connectivity index (χ3n) is 4.51. The first-order chi connectivity index (χ1) is 12.4.